The number of nitrogens with zero attached hydrogens (tertiary/aromatic N) is 3. The van der Waals surface area contributed by atoms with Gasteiger partial charge in [0.25, 0.3) is 0 Å². The Morgan fingerprint density at radius 3 is 2.73 bits per heavy atom. The van der Waals surface area contributed by atoms with E-state index in [9.17, 15) is 4.79 Å². The number of esters is 1. The van der Waals surface area contributed by atoms with Gasteiger partial charge in [0.1, 0.15) is 5.75 Å². The molecule has 0 N–H and O–H groups in total. The molecule has 0 saturated heterocycles. The normalized spacial score (nSPS) is 15.8. The number of benzene rings is 2. The smallest absolute Gasteiger partial charge is 0.339 e. The molecule has 2 aromatic heterocycles. The number of carbonyl (C=O) groups is 1. The van der Waals surface area contributed by atoms with Crippen molar-refractivity contribution in [2.24, 2.45) is 0 Å². The van der Waals surface area contributed by atoms with Gasteiger partial charge in [-0.15, -0.1) is 6.58 Å². The number of halogens is 1. The van der Waals surface area contributed by atoms with Crippen LogP contribution in [0, 0.1) is 6.92 Å². The molecule has 0 radical (unpaired) electrons. The van der Waals surface area contributed by atoms with Crippen LogP contribution < -0.4 is 4.74 Å². The van der Waals surface area contributed by atoms with Crippen molar-refractivity contribution in [2.45, 2.75) is 58.2 Å². The Balaban J connectivity index is 1.81. The first kappa shape index (κ1) is 28.1. The average molecular weight is 605 g/mol. The number of ether oxygens (including phenoxy) is 3. The molecule has 0 spiro atoms. The minimum atomic E-state index is -1.01. The molecule has 8 heteroatoms. The van der Waals surface area contributed by atoms with E-state index in [0.29, 0.717) is 29.4 Å². The van der Waals surface area contributed by atoms with Crippen LogP contribution in [0.5, 0.6) is 5.75 Å². The lowest BCUT2D eigenvalue weighted by atomic mass is 9.88. The molecule has 0 fully saturated rings. The van der Waals surface area contributed by atoms with Crippen LogP contribution in [0.1, 0.15) is 62.5 Å². The van der Waals surface area contributed by atoms with Crippen molar-refractivity contribution in [2.75, 3.05) is 13.7 Å². The minimum absolute atomic E-state index is 0.292. The van der Waals surface area contributed by atoms with E-state index in [1.54, 1.807) is 0 Å². The zero-order valence-corrected chi connectivity index (χ0v) is 25.1. The number of hydrogen-bond acceptors (Lipinski definition) is 6. The van der Waals surface area contributed by atoms with Crippen molar-refractivity contribution >= 4 is 27.5 Å². The Morgan fingerprint density at radius 1 is 1.23 bits per heavy atom. The standard InChI is InChI=1S/C32H34BrN3O4/c1-7-9-20-14-15-39-26-13-12-22(17-24(20)26)29-28(30(31(37)38-6)40-32(3,4)5)19(2)34-27-18-25(35-36(27)29)21-10-8-11-23(33)16-21/h7-8,10-13,16-18,20,30H,1,9,14-15H2,2-6H3. The molecule has 0 amide bonds. The third-order valence-corrected chi connectivity index (χ3v) is 7.49. The van der Waals surface area contributed by atoms with E-state index in [2.05, 4.69) is 28.6 Å². The molecule has 0 aliphatic carbocycles. The molecule has 4 aromatic rings. The largest absolute Gasteiger partial charge is 0.493 e. The summed E-state index contributed by atoms with van der Waals surface area (Å²) < 4.78 is 20.4. The number of methoxy groups -OCH3 is 1. The van der Waals surface area contributed by atoms with Gasteiger partial charge < -0.3 is 14.2 Å². The quantitative estimate of drug-likeness (QED) is 0.160. The van der Waals surface area contributed by atoms with Crippen LogP contribution in [0.4, 0.5) is 0 Å². The van der Waals surface area contributed by atoms with Crippen LogP contribution in [0.25, 0.3) is 28.2 Å². The summed E-state index contributed by atoms with van der Waals surface area (Å²) in [7, 11) is 1.37. The van der Waals surface area contributed by atoms with Crippen molar-refractivity contribution in [1.29, 1.82) is 0 Å². The molecule has 3 heterocycles. The van der Waals surface area contributed by atoms with Crippen molar-refractivity contribution in [3.63, 3.8) is 0 Å². The van der Waals surface area contributed by atoms with Crippen LogP contribution in [0.15, 0.2) is 65.7 Å². The monoisotopic (exact) mass is 603 g/mol. The second-order valence-corrected chi connectivity index (χ2v) is 11.9. The molecular weight excluding hydrogens is 570 g/mol. The predicted molar refractivity (Wildman–Crippen MR) is 160 cm³/mol. The van der Waals surface area contributed by atoms with Gasteiger partial charge in [0.15, 0.2) is 11.8 Å². The van der Waals surface area contributed by atoms with Crippen molar-refractivity contribution in [3.8, 4) is 28.3 Å². The Morgan fingerprint density at radius 2 is 2.02 bits per heavy atom. The summed E-state index contributed by atoms with van der Waals surface area (Å²) in [6.45, 7) is 12.3. The molecule has 2 atom stereocenters. The van der Waals surface area contributed by atoms with E-state index in [1.165, 1.54) is 7.11 Å². The maximum Gasteiger partial charge on any atom is 0.339 e. The summed E-state index contributed by atoms with van der Waals surface area (Å²) in [6.07, 6.45) is 2.71. The van der Waals surface area contributed by atoms with Crippen LogP contribution >= 0.6 is 15.9 Å². The predicted octanol–water partition coefficient (Wildman–Crippen LogP) is 7.61. The zero-order valence-electron chi connectivity index (χ0n) is 23.5. The lowest BCUT2D eigenvalue weighted by Gasteiger charge is -2.29. The van der Waals surface area contributed by atoms with E-state index < -0.39 is 17.7 Å². The van der Waals surface area contributed by atoms with Crippen molar-refractivity contribution in [1.82, 2.24) is 14.6 Å². The first-order valence-corrected chi connectivity index (χ1v) is 14.2. The van der Waals surface area contributed by atoms with Gasteiger partial charge in [-0.05, 0) is 82.3 Å². The Labute approximate surface area is 243 Å². The second kappa shape index (κ2) is 11.2. The molecule has 7 nitrogen and oxygen atoms in total. The first-order valence-electron chi connectivity index (χ1n) is 13.4. The zero-order chi connectivity index (χ0) is 28.6. The molecule has 5 rings (SSSR count). The summed E-state index contributed by atoms with van der Waals surface area (Å²) in [5.41, 5.74) is 5.78. The molecule has 2 aromatic carbocycles. The third-order valence-electron chi connectivity index (χ3n) is 7.00. The molecule has 0 bridgehead atoms. The highest BCUT2D eigenvalue weighted by atomic mass is 79.9. The van der Waals surface area contributed by atoms with E-state index in [1.807, 2.05) is 80.8 Å². The summed E-state index contributed by atoms with van der Waals surface area (Å²) in [5, 5.41) is 5.01. The van der Waals surface area contributed by atoms with Crippen molar-refractivity contribution < 1.29 is 19.0 Å². The molecule has 0 saturated carbocycles. The van der Waals surface area contributed by atoms with Crippen LogP contribution in [-0.4, -0.2) is 39.9 Å². The lowest BCUT2D eigenvalue weighted by Crippen LogP contribution is -2.30. The highest BCUT2D eigenvalue weighted by Gasteiger charge is 2.34. The third kappa shape index (κ3) is 5.56. The number of allylic oxidation sites excluding steroid dienone is 1. The number of hydrogen-bond donors (Lipinski definition) is 0. The average Bonchev–Trinajstić information content (AvgIpc) is 3.34. The number of aromatic nitrogens is 3. The van der Waals surface area contributed by atoms with Gasteiger partial charge in [-0.3, -0.25) is 0 Å². The van der Waals surface area contributed by atoms with Gasteiger partial charge in [0, 0.05) is 32.9 Å². The number of rotatable bonds is 7. The highest BCUT2D eigenvalue weighted by molar-refractivity contribution is 9.10. The van der Waals surface area contributed by atoms with Crippen LogP contribution in [-0.2, 0) is 14.3 Å². The Hall–Kier alpha value is -3.49. The number of carbonyl (C=O) groups excluding carboxylic acids is 1. The Bertz CT molecular complexity index is 1590. The van der Waals surface area contributed by atoms with Gasteiger partial charge in [0.2, 0.25) is 0 Å². The fraction of sp³-hybridized carbons (Fsp3) is 0.344. The fourth-order valence-corrected chi connectivity index (χ4v) is 5.66. The minimum Gasteiger partial charge on any atom is -0.493 e. The topological polar surface area (TPSA) is 75.0 Å². The van der Waals surface area contributed by atoms with Gasteiger partial charge in [-0.2, -0.15) is 5.10 Å². The van der Waals surface area contributed by atoms with E-state index in [4.69, 9.17) is 24.3 Å². The van der Waals surface area contributed by atoms with Gasteiger partial charge in [-0.1, -0.05) is 34.1 Å². The molecular formula is C32H34BrN3O4. The van der Waals surface area contributed by atoms with Crippen molar-refractivity contribution in [3.05, 3.63) is 82.5 Å². The fourth-order valence-electron chi connectivity index (χ4n) is 5.26. The van der Waals surface area contributed by atoms with E-state index in [0.717, 1.165) is 51.1 Å². The number of aryl methyl sites for hydroxylation is 1. The lowest BCUT2D eigenvalue weighted by molar-refractivity contribution is -0.164. The molecule has 40 heavy (non-hydrogen) atoms. The molecule has 1 aliphatic heterocycles. The second-order valence-electron chi connectivity index (χ2n) is 11.0. The molecule has 2 unspecified atom stereocenters. The molecule has 208 valence electrons. The molecule has 1 aliphatic rings. The van der Waals surface area contributed by atoms with Crippen LogP contribution in [0.3, 0.4) is 0 Å². The van der Waals surface area contributed by atoms with Gasteiger partial charge >= 0.3 is 5.97 Å². The SMILES string of the molecule is C=CCC1CCOc2ccc(-c3c(C(OC(C)(C)C)C(=O)OC)c(C)nc4cc(-c5cccc(Br)c5)nn34)cc21. The summed E-state index contributed by atoms with van der Waals surface area (Å²) >= 11 is 3.56. The number of fused-ring (bicyclic) bond motifs is 2. The van der Waals surface area contributed by atoms with E-state index in [-0.39, 0.29) is 0 Å². The maximum atomic E-state index is 13.3. The first-order chi connectivity index (χ1) is 19.1. The summed E-state index contributed by atoms with van der Waals surface area (Å²) in [6, 6.07) is 16.1. The summed E-state index contributed by atoms with van der Waals surface area (Å²) in [5.74, 6) is 0.668. The van der Waals surface area contributed by atoms with Crippen LogP contribution in [0.2, 0.25) is 0 Å². The Kier molecular flexibility index (Phi) is 7.84. The van der Waals surface area contributed by atoms with E-state index >= 15 is 0 Å². The highest BCUT2D eigenvalue weighted by Crippen LogP contribution is 2.42. The van der Waals surface area contributed by atoms with Gasteiger partial charge in [0.05, 0.1) is 30.7 Å². The van der Waals surface area contributed by atoms with Gasteiger partial charge in [-0.25, -0.2) is 14.3 Å². The summed E-state index contributed by atoms with van der Waals surface area (Å²) in [4.78, 5) is 18.1. The maximum absolute atomic E-state index is 13.3.